The third-order valence-corrected chi connectivity index (χ3v) is 2.72. The van der Waals surface area contributed by atoms with E-state index in [4.69, 9.17) is 4.74 Å². The summed E-state index contributed by atoms with van der Waals surface area (Å²) in [5.74, 6) is 0. The highest BCUT2D eigenvalue weighted by Gasteiger charge is 2.25. The van der Waals surface area contributed by atoms with Crippen molar-refractivity contribution in [1.82, 2.24) is 0 Å². The zero-order valence-electron chi connectivity index (χ0n) is 11.0. The number of alkyl halides is 3. The summed E-state index contributed by atoms with van der Waals surface area (Å²) >= 11 is 0. The molecule has 4 heteroatoms. The van der Waals surface area contributed by atoms with Crippen LogP contribution in [0.2, 0.25) is 0 Å². The Kier molecular flexibility index (Phi) is 9.60. The maximum Gasteiger partial charge on any atom is 0.389 e. The van der Waals surface area contributed by atoms with Gasteiger partial charge in [-0.05, 0) is 26.2 Å². The van der Waals surface area contributed by atoms with Crippen molar-refractivity contribution in [3.8, 4) is 0 Å². The largest absolute Gasteiger partial charge is 0.389 e. The van der Waals surface area contributed by atoms with Crippen molar-refractivity contribution in [3.63, 3.8) is 0 Å². The Morgan fingerprint density at radius 3 is 2.29 bits per heavy atom. The molecule has 0 aromatic carbocycles. The first-order chi connectivity index (χ1) is 7.95. The molecular formula is C13H25F3O. The number of ether oxygens (including phenoxy) is 1. The third-order valence-electron chi connectivity index (χ3n) is 2.72. The lowest BCUT2D eigenvalue weighted by molar-refractivity contribution is -0.136. The molecule has 0 aromatic heterocycles. The first-order valence-corrected chi connectivity index (χ1v) is 6.64. The molecule has 1 nitrogen and oxygen atoms in total. The highest BCUT2D eigenvalue weighted by Crippen LogP contribution is 2.22. The van der Waals surface area contributed by atoms with Crippen LogP contribution in [0.3, 0.4) is 0 Å². The molecule has 0 N–H and O–H groups in total. The summed E-state index contributed by atoms with van der Waals surface area (Å²) in [6, 6.07) is 0. The Labute approximate surface area is 103 Å². The molecule has 0 aliphatic carbocycles. The lowest BCUT2D eigenvalue weighted by atomic mass is 10.1. The Balaban J connectivity index is 3.24. The smallest absolute Gasteiger partial charge is 0.379 e. The first-order valence-electron chi connectivity index (χ1n) is 6.64. The minimum absolute atomic E-state index is 0.173. The summed E-state index contributed by atoms with van der Waals surface area (Å²) in [7, 11) is 0. The fourth-order valence-corrected chi connectivity index (χ4v) is 1.65. The molecule has 0 amide bonds. The number of hydrogen-bond acceptors (Lipinski definition) is 1. The van der Waals surface area contributed by atoms with Gasteiger partial charge in [-0.2, -0.15) is 13.2 Å². The van der Waals surface area contributed by atoms with Crippen LogP contribution in [0.25, 0.3) is 0 Å². The molecule has 104 valence electrons. The van der Waals surface area contributed by atoms with Gasteiger partial charge in [0, 0.05) is 13.0 Å². The van der Waals surface area contributed by atoms with Crippen LogP contribution in [-0.4, -0.2) is 18.9 Å². The van der Waals surface area contributed by atoms with Crippen LogP contribution in [0.1, 0.15) is 65.2 Å². The van der Waals surface area contributed by atoms with Crippen molar-refractivity contribution in [2.75, 3.05) is 6.61 Å². The number of hydrogen-bond donors (Lipinski definition) is 0. The maximum atomic E-state index is 11.8. The van der Waals surface area contributed by atoms with Crippen molar-refractivity contribution in [3.05, 3.63) is 0 Å². The van der Waals surface area contributed by atoms with E-state index in [9.17, 15) is 13.2 Å². The molecule has 0 bridgehead atoms. The van der Waals surface area contributed by atoms with E-state index >= 15 is 0 Å². The van der Waals surface area contributed by atoms with Crippen molar-refractivity contribution < 1.29 is 17.9 Å². The molecule has 0 aromatic rings. The summed E-state index contributed by atoms with van der Waals surface area (Å²) in [6.07, 6.45) is 1.98. The van der Waals surface area contributed by atoms with Crippen LogP contribution in [0, 0.1) is 0 Å². The Morgan fingerprint density at radius 1 is 1.00 bits per heavy atom. The van der Waals surface area contributed by atoms with Gasteiger partial charge >= 0.3 is 6.18 Å². The van der Waals surface area contributed by atoms with Crippen molar-refractivity contribution >= 4 is 0 Å². The van der Waals surface area contributed by atoms with Gasteiger partial charge in [-0.3, -0.25) is 0 Å². The lowest BCUT2D eigenvalue weighted by Gasteiger charge is -2.13. The molecule has 0 aliphatic heterocycles. The molecule has 17 heavy (non-hydrogen) atoms. The van der Waals surface area contributed by atoms with Crippen molar-refractivity contribution in [2.24, 2.45) is 0 Å². The molecule has 0 spiro atoms. The molecule has 0 rings (SSSR count). The standard InChI is InChI=1S/C13H25F3O/c1-3-4-5-6-9-12(2)17-11-8-7-10-13(14,15)16/h12H,3-11H2,1-2H3. The number of halogens is 3. The highest BCUT2D eigenvalue weighted by atomic mass is 19.4. The molecule has 0 fully saturated rings. The summed E-state index contributed by atoms with van der Waals surface area (Å²) in [6.45, 7) is 4.61. The second-order valence-corrected chi connectivity index (χ2v) is 4.60. The SMILES string of the molecule is CCCCCCC(C)OCCCCC(F)(F)F. The van der Waals surface area contributed by atoms with Gasteiger partial charge in [0.1, 0.15) is 0 Å². The fourth-order valence-electron chi connectivity index (χ4n) is 1.65. The summed E-state index contributed by atoms with van der Waals surface area (Å²) in [5, 5.41) is 0. The Morgan fingerprint density at radius 2 is 1.71 bits per heavy atom. The van der Waals surface area contributed by atoms with Crippen LogP contribution < -0.4 is 0 Å². The molecule has 1 unspecified atom stereocenters. The predicted molar refractivity (Wildman–Crippen MR) is 64.1 cm³/mol. The van der Waals surface area contributed by atoms with Crippen molar-refractivity contribution in [2.45, 2.75) is 77.5 Å². The van der Waals surface area contributed by atoms with Gasteiger partial charge in [-0.15, -0.1) is 0 Å². The van der Waals surface area contributed by atoms with Gasteiger partial charge in [-0.25, -0.2) is 0 Å². The maximum absolute atomic E-state index is 11.8. The van der Waals surface area contributed by atoms with E-state index in [0.29, 0.717) is 13.0 Å². The van der Waals surface area contributed by atoms with Crippen LogP contribution in [0.4, 0.5) is 13.2 Å². The molecular weight excluding hydrogens is 229 g/mol. The Bertz CT molecular complexity index is 169. The molecule has 0 saturated heterocycles. The number of rotatable bonds is 10. The zero-order chi connectivity index (χ0) is 13.1. The minimum atomic E-state index is -4.02. The van der Waals surface area contributed by atoms with Crippen molar-refractivity contribution in [1.29, 1.82) is 0 Å². The highest BCUT2D eigenvalue weighted by molar-refractivity contribution is 4.54. The predicted octanol–water partition coefficient (Wildman–Crippen LogP) is 5.09. The van der Waals surface area contributed by atoms with Gasteiger partial charge in [0.2, 0.25) is 0 Å². The number of unbranched alkanes of at least 4 members (excludes halogenated alkanes) is 4. The van der Waals surface area contributed by atoms with Crippen LogP contribution in [0.15, 0.2) is 0 Å². The van der Waals surface area contributed by atoms with E-state index < -0.39 is 12.6 Å². The Hall–Kier alpha value is -0.250. The van der Waals surface area contributed by atoms with E-state index in [0.717, 1.165) is 12.8 Å². The van der Waals surface area contributed by atoms with Gasteiger partial charge in [0.15, 0.2) is 0 Å². The van der Waals surface area contributed by atoms with Gasteiger partial charge in [0.25, 0.3) is 0 Å². The third kappa shape index (κ3) is 13.7. The zero-order valence-corrected chi connectivity index (χ0v) is 11.0. The van der Waals surface area contributed by atoms with Gasteiger partial charge in [-0.1, -0.05) is 32.6 Å². The first kappa shape index (κ1) is 16.8. The fraction of sp³-hybridized carbons (Fsp3) is 1.00. The summed E-state index contributed by atoms with van der Waals surface area (Å²) in [5.41, 5.74) is 0. The van der Waals surface area contributed by atoms with E-state index in [2.05, 4.69) is 6.92 Å². The van der Waals surface area contributed by atoms with E-state index in [1.807, 2.05) is 6.92 Å². The normalized spacial score (nSPS) is 13.9. The van der Waals surface area contributed by atoms with E-state index in [-0.39, 0.29) is 12.5 Å². The monoisotopic (exact) mass is 254 g/mol. The molecule has 0 saturated carbocycles. The van der Waals surface area contributed by atoms with Gasteiger partial charge in [0.05, 0.1) is 6.10 Å². The van der Waals surface area contributed by atoms with E-state index in [1.165, 1.54) is 19.3 Å². The quantitative estimate of drug-likeness (QED) is 0.493. The van der Waals surface area contributed by atoms with Gasteiger partial charge < -0.3 is 4.74 Å². The molecule has 0 heterocycles. The lowest BCUT2D eigenvalue weighted by Crippen LogP contribution is -2.11. The summed E-state index contributed by atoms with van der Waals surface area (Å²) < 4.78 is 41.0. The second-order valence-electron chi connectivity index (χ2n) is 4.60. The average molecular weight is 254 g/mol. The molecule has 0 radical (unpaired) electrons. The van der Waals surface area contributed by atoms with E-state index in [1.54, 1.807) is 0 Å². The van der Waals surface area contributed by atoms with Crippen LogP contribution >= 0.6 is 0 Å². The topological polar surface area (TPSA) is 9.23 Å². The second kappa shape index (κ2) is 9.75. The summed E-state index contributed by atoms with van der Waals surface area (Å²) in [4.78, 5) is 0. The minimum Gasteiger partial charge on any atom is -0.379 e. The van der Waals surface area contributed by atoms with Crippen LogP contribution in [0.5, 0.6) is 0 Å². The molecule has 0 aliphatic rings. The average Bonchev–Trinajstić information content (AvgIpc) is 2.22. The van der Waals surface area contributed by atoms with Crippen LogP contribution in [-0.2, 0) is 4.74 Å². The molecule has 1 atom stereocenters.